The molecule has 0 fully saturated rings. The predicted octanol–water partition coefficient (Wildman–Crippen LogP) is 1.48. The number of anilines is 2. The van der Waals surface area contributed by atoms with Crippen molar-refractivity contribution in [3.8, 4) is 0 Å². The lowest BCUT2D eigenvalue weighted by atomic mass is 10.1. The summed E-state index contributed by atoms with van der Waals surface area (Å²) in [6, 6.07) is 5.29. The maximum atomic E-state index is 12.3. The Labute approximate surface area is 135 Å². The number of hydrogen-bond donors (Lipinski definition) is 1. The van der Waals surface area contributed by atoms with E-state index in [0.717, 1.165) is 5.56 Å². The number of fused-ring (bicyclic) bond motifs is 1. The van der Waals surface area contributed by atoms with E-state index < -0.39 is 10.0 Å². The fraction of sp³-hybridized carbons (Fsp3) is 0.333. The minimum absolute atomic E-state index is 0.254. The quantitative estimate of drug-likeness (QED) is 0.918. The first-order valence-corrected chi connectivity index (χ1v) is 9.18. The maximum absolute atomic E-state index is 12.3. The fourth-order valence-electron chi connectivity index (χ4n) is 2.71. The third-order valence-corrected chi connectivity index (χ3v) is 5.03. The second-order valence-corrected chi connectivity index (χ2v) is 7.33. The Balaban J connectivity index is 1.88. The second kappa shape index (κ2) is 5.69. The lowest BCUT2D eigenvalue weighted by molar-refractivity contribution is 0.102. The molecule has 122 valence electrons. The third kappa shape index (κ3) is 2.94. The van der Waals surface area contributed by atoms with Gasteiger partial charge in [0, 0.05) is 30.5 Å². The number of sulfonamides is 1. The van der Waals surface area contributed by atoms with Gasteiger partial charge in [0.2, 0.25) is 10.0 Å². The van der Waals surface area contributed by atoms with Crippen LogP contribution in [0.25, 0.3) is 0 Å². The average molecular weight is 334 g/mol. The number of hydrogen-bond acceptors (Lipinski definition) is 4. The molecule has 1 aromatic heterocycles. The van der Waals surface area contributed by atoms with E-state index in [1.807, 2.05) is 6.92 Å². The van der Waals surface area contributed by atoms with Gasteiger partial charge in [-0.15, -0.1) is 0 Å². The monoisotopic (exact) mass is 334 g/mol. The number of carbonyl (C=O) groups is 1. The molecule has 2 heterocycles. The minimum Gasteiger partial charge on any atom is -0.322 e. The number of aromatic nitrogens is 2. The molecule has 8 heteroatoms. The minimum atomic E-state index is -3.31. The van der Waals surface area contributed by atoms with Gasteiger partial charge in [-0.3, -0.25) is 13.8 Å². The standard InChI is InChI=1S/C15H18N4O3S/c1-3-18-10-11(9-16-18)15(20)17-13-5-4-6-14-12(13)7-8-19(14)23(2,21)22/h4-6,9-10H,3,7-8H2,1-2H3,(H,17,20). The molecule has 0 bridgehead atoms. The number of amides is 1. The number of rotatable bonds is 4. The van der Waals surface area contributed by atoms with E-state index in [-0.39, 0.29) is 5.91 Å². The molecule has 1 N–H and O–H groups in total. The Kier molecular flexibility index (Phi) is 3.85. The summed E-state index contributed by atoms with van der Waals surface area (Å²) in [5.74, 6) is -0.254. The van der Waals surface area contributed by atoms with Crippen LogP contribution in [0.1, 0.15) is 22.8 Å². The molecule has 0 unspecified atom stereocenters. The van der Waals surface area contributed by atoms with E-state index in [1.165, 1.54) is 16.8 Å². The Morgan fingerprint density at radius 1 is 1.39 bits per heavy atom. The normalized spacial score (nSPS) is 13.9. The highest BCUT2D eigenvalue weighted by atomic mass is 32.2. The third-order valence-electron chi connectivity index (χ3n) is 3.85. The molecule has 7 nitrogen and oxygen atoms in total. The summed E-state index contributed by atoms with van der Waals surface area (Å²) in [5.41, 5.74) is 2.59. The zero-order valence-electron chi connectivity index (χ0n) is 13.0. The van der Waals surface area contributed by atoms with Gasteiger partial charge >= 0.3 is 0 Å². The molecule has 2 aromatic rings. The van der Waals surface area contributed by atoms with E-state index >= 15 is 0 Å². The summed E-state index contributed by atoms with van der Waals surface area (Å²) < 4.78 is 26.7. The highest BCUT2D eigenvalue weighted by Gasteiger charge is 2.28. The van der Waals surface area contributed by atoms with E-state index in [4.69, 9.17) is 0 Å². The molecular formula is C15H18N4O3S. The molecule has 0 aliphatic carbocycles. The second-order valence-electron chi connectivity index (χ2n) is 5.43. The van der Waals surface area contributed by atoms with Gasteiger partial charge < -0.3 is 5.32 Å². The first-order valence-electron chi connectivity index (χ1n) is 7.33. The summed E-state index contributed by atoms with van der Waals surface area (Å²) in [6.45, 7) is 3.03. The van der Waals surface area contributed by atoms with Crippen LogP contribution in [0.2, 0.25) is 0 Å². The van der Waals surface area contributed by atoms with Crippen LogP contribution in [0.5, 0.6) is 0 Å². The number of nitrogens with zero attached hydrogens (tertiary/aromatic N) is 3. The van der Waals surface area contributed by atoms with Crippen LogP contribution in [0.3, 0.4) is 0 Å². The van der Waals surface area contributed by atoms with Crippen molar-refractivity contribution in [2.75, 3.05) is 22.4 Å². The van der Waals surface area contributed by atoms with Gasteiger partial charge in [-0.2, -0.15) is 5.10 Å². The Bertz CT molecular complexity index is 857. The Hall–Kier alpha value is -2.35. The molecule has 1 aromatic carbocycles. The number of nitrogens with one attached hydrogen (secondary N) is 1. The van der Waals surface area contributed by atoms with Crippen molar-refractivity contribution in [3.63, 3.8) is 0 Å². The smallest absolute Gasteiger partial charge is 0.258 e. The van der Waals surface area contributed by atoms with Crippen molar-refractivity contribution in [1.29, 1.82) is 0 Å². The predicted molar refractivity (Wildman–Crippen MR) is 88.2 cm³/mol. The summed E-state index contributed by atoms with van der Waals surface area (Å²) in [4.78, 5) is 12.3. The summed E-state index contributed by atoms with van der Waals surface area (Å²) in [7, 11) is -3.31. The number of carbonyl (C=O) groups excluding carboxylic acids is 1. The van der Waals surface area contributed by atoms with Crippen molar-refractivity contribution >= 4 is 27.3 Å². The van der Waals surface area contributed by atoms with E-state index in [0.29, 0.717) is 36.4 Å². The van der Waals surface area contributed by atoms with Crippen LogP contribution in [-0.2, 0) is 23.0 Å². The number of aryl methyl sites for hydroxylation is 1. The number of benzene rings is 1. The van der Waals surface area contributed by atoms with Crippen LogP contribution in [0, 0.1) is 0 Å². The van der Waals surface area contributed by atoms with Crippen molar-refractivity contribution in [2.45, 2.75) is 19.9 Å². The molecule has 0 saturated heterocycles. The van der Waals surface area contributed by atoms with E-state index in [1.54, 1.807) is 29.1 Å². The molecule has 3 rings (SSSR count). The summed E-state index contributed by atoms with van der Waals surface area (Å²) in [5, 5.41) is 6.94. The highest BCUT2D eigenvalue weighted by molar-refractivity contribution is 7.92. The maximum Gasteiger partial charge on any atom is 0.258 e. The first kappa shape index (κ1) is 15.5. The zero-order chi connectivity index (χ0) is 16.6. The molecule has 0 radical (unpaired) electrons. The molecule has 0 saturated carbocycles. The Morgan fingerprint density at radius 3 is 2.83 bits per heavy atom. The molecule has 1 aliphatic heterocycles. The Morgan fingerprint density at radius 2 is 2.17 bits per heavy atom. The van der Waals surface area contributed by atoms with Crippen molar-refractivity contribution in [2.24, 2.45) is 0 Å². The molecular weight excluding hydrogens is 316 g/mol. The van der Waals surface area contributed by atoms with Crippen LogP contribution in [0.4, 0.5) is 11.4 Å². The zero-order valence-corrected chi connectivity index (χ0v) is 13.8. The molecule has 1 aliphatic rings. The van der Waals surface area contributed by atoms with Crippen molar-refractivity contribution in [1.82, 2.24) is 9.78 Å². The van der Waals surface area contributed by atoms with Gasteiger partial charge in [0.25, 0.3) is 5.91 Å². The van der Waals surface area contributed by atoms with E-state index in [2.05, 4.69) is 10.4 Å². The van der Waals surface area contributed by atoms with Gasteiger partial charge in [0.15, 0.2) is 0 Å². The van der Waals surface area contributed by atoms with E-state index in [9.17, 15) is 13.2 Å². The first-order chi connectivity index (χ1) is 10.9. The van der Waals surface area contributed by atoms with Gasteiger partial charge in [-0.25, -0.2) is 8.42 Å². The SMILES string of the molecule is CCn1cc(C(=O)Nc2cccc3c2CCN3S(C)(=O)=O)cn1. The van der Waals surface area contributed by atoms with Gasteiger partial charge in [0.05, 0.1) is 23.7 Å². The molecule has 0 atom stereocenters. The van der Waals surface area contributed by atoms with Gasteiger partial charge in [-0.1, -0.05) is 6.07 Å². The van der Waals surface area contributed by atoms with Gasteiger partial charge in [0.1, 0.15) is 0 Å². The van der Waals surface area contributed by atoms with Crippen molar-refractivity contribution < 1.29 is 13.2 Å². The van der Waals surface area contributed by atoms with Gasteiger partial charge in [-0.05, 0) is 25.5 Å². The van der Waals surface area contributed by atoms with Crippen LogP contribution < -0.4 is 9.62 Å². The summed E-state index contributed by atoms with van der Waals surface area (Å²) >= 11 is 0. The molecule has 1 amide bonds. The fourth-order valence-corrected chi connectivity index (χ4v) is 3.67. The lowest BCUT2D eigenvalue weighted by Gasteiger charge is -2.17. The summed E-state index contributed by atoms with van der Waals surface area (Å²) in [6.07, 6.45) is 4.96. The van der Waals surface area contributed by atoms with Crippen LogP contribution in [-0.4, -0.2) is 36.9 Å². The highest BCUT2D eigenvalue weighted by Crippen LogP contribution is 2.35. The van der Waals surface area contributed by atoms with Crippen LogP contribution in [0.15, 0.2) is 30.6 Å². The average Bonchev–Trinajstić information content (AvgIpc) is 3.13. The largest absolute Gasteiger partial charge is 0.322 e. The molecule has 0 spiro atoms. The topological polar surface area (TPSA) is 84.3 Å². The molecule has 23 heavy (non-hydrogen) atoms. The van der Waals surface area contributed by atoms with Crippen molar-refractivity contribution in [3.05, 3.63) is 41.7 Å². The van der Waals surface area contributed by atoms with Crippen LogP contribution >= 0.6 is 0 Å². The lowest BCUT2D eigenvalue weighted by Crippen LogP contribution is -2.27.